The molecule has 27 heavy (non-hydrogen) atoms. The van der Waals surface area contributed by atoms with Crippen molar-refractivity contribution in [3.8, 4) is 0 Å². The van der Waals surface area contributed by atoms with Crippen molar-refractivity contribution in [3.63, 3.8) is 0 Å². The van der Waals surface area contributed by atoms with E-state index in [1.54, 1.807) is 6.07 Å². The molecule has 1 heterocycles. The normalized spacial score (nSPS) is 13.9. The van der Waals surface area contributed by atoms with Crippen molar-refractivity contribution >= 4 is 23.2 Å². The lowest BCUT2D eigenvalue weighted by atomic mass is 10.2. The summed E-state index contributed by atoms with van der Waals surface area (Å²) in [7, 11) is 0. The van der Waals surface area contributed by atoms with Gasteiger partial charge in [0.15, 0.2) is 0 Å². The quantitative estimate of drug-likeness (QED) is 0.611. The van der Waals surface area contributed by atoms with Gasteiger partial charge < -0.3 is 16.0 Å². The lowest BCUT2D eigenvalue weighted by molar-refractivity contribution is -0.137. The Hall–Kier alpha value is -2.84. The summed E-state index contributed by atoms with van der Waals surface area (Å²) in [5, 5.41) is 8.82. The number of amides is 1. The molecule has 0 bridgehead atoms. The molecule has 1 aliphatic rings. The predicted octanol–water partition coefficient (Wildman–Crippen LogP) is 3.57. The van der Waals surface area contributed by atoms with Crippen LogP contribution in [0.15, 0.2) is 36.7 Å². The average Bonchev–Trinajstić information content (AvgIpc) is 3.46. The molecule has 0 spiro atoms. The van der Waals surface area contributed by atoms with E-state index in [9.17, 15) is 18.0 Å². The van der Waals surface area contributed by atoms with Crippen LogP contribution in [-0.2, 0) is 11.0 Å². The molecule has 1 aromatic carbocycles. The van der Waals surface area contributed by atoms with E-state index >= 15 is 0 Å². The van der Waals surface area contributed by atoms with Gasteiger partial charge in [-0.3, -0.25) is 4.79 Å². The van der Waals surface area contributed by atoms with Gasteiger partial charge in [0, 0.05) is 30.8 Å². The summed E-state index contributed by atoms with van der Waals surface area (Å²) in [5.74, 6) is 1.25. The summed E-state index contributed by atoms with van der Waals surface area (Å²) >= 11 is 0. The second kappa shape index (κ2) is 8.24. The van der Waals surface area contributed by atoms with Gasteiger partial charge >= 0.3 is 6.18 Å². The molecule has 2 aromatic rings. The summed E-state index contributed by atoms with van der Waals surface area (Å²) in [6, 6.07) is 6.52. The van der Waals surface area contributed by atoms with E-state index in [0.29, 0.717) is 24.7 Å². The lowest BCUT2D eigenvalue weighted by Crippen LogP contribution is -2.27. The average molecular weight is 379 g/mol. The highest BCUT2D eigenvalue weighted by atomic mass is 19.4. The Morgan fingerprint density at radius 2 is 1.89 bits per heavy atom. The number of benzene rings is 1. The number of aromatic nitrogens is 2. The van der Waals surface area contributed by atoms with Gasteiger partial charge in [-0.2, -0.15) is 13.2 Å². The van der Waals surface area contributed by atoms with Crippen LogP contribution < -0.4 is 16.0 Å². The molecular weight excluding hydrogens is 359 g/mol. The minimum atomic E-state index is -4.40. The van der Waals surface area contributed by atoms with Crippen LogP contribution in [0.5, 0.6) is 0 Å². The van der Waals surface area contributed by atoms with Gasteiger partial charge in [-0.25, -0.2) is 9.97 Å². The third-order valence-electron chi connectivity index (χ3n) is 4.04. The molecule has 9 heteroatoms. The zero-order valence-corrected chi connectivity index (χ0v) is 14.5. The van der Waals surface area contributed by atoms with Gasteiger partial charge in [0.2, 0.25) is 5.91 Å². The Morgan fingerprint density at radius 3 is 2.63 bits per heavy atom. The molecule has 144 valence electrons. The first-order valence-electron chi connectivity index (χ1n) is 8.70. The first kappa shape index (κ1) is 18.9. The van der Waals surface area contributed by atoms with Crippen LogP contribution in [0.1, 0.15) is 24.8 Å². The standard InChI is InChI=1S/C18H20F3N5O/c19-18(20,21)13-3-1-4-14(9-13)26-16-10-15(24-11-25-16)22-7-2-8-23-17(27)12-5-6-12/h1,3-4,9-12H,2,5-8H2,(H,23,27)(H2,22,24,25,26). The van der Waals surface area contributed by atoms with Gasteiger partial charge in [-0.05, 0) is 37.5 Å². The van der Waals surface area contributed by atoms with Crippen molar-refractivity contribution in [2.75, 3.05) is 23.7 Å². The predicted molar refractivity (Wildman–Crippen MR) is 95.6 cm³/mol. The maximum absolute atomic E-state index is 12.8. The molecule has 0 unspecified atom stereocenters. The second-order valence-electron chi connectivity index (χ2n) is 6.34. The number of halogens is 3. The van der Waals surface area contributed by atoms with E-state index in [0.717, 1.165) is 31.4 Å². The van der Waals surface area contributed by atoms with Gasteiger partial charge in [-0.15, -0.1) is 0 Å². The van der Waals surface area contributed by atoms with Crippen molar-refractivity contribution in [2.45, 2.75) is 25.4 Å². The van der Waals surface area contributed by atoms with Crippen molar-refractivity contribution in [1.29, 1.82) is 0 Å². The van der Waals surface area contributed by atoms with E-state index < -0.39 is 11.7 Å². The fraction of sp³-hybridized carbons (Fsp3) is 0.389. The maximum Gasteiger partial charge on any atom is 0.416 e. The Morgan fingerprint density at radius 1 is 1.11 bits per heavy atom. The van der Waals surface area contributed by atoms with E-state index in [-0.39, 0.29) is 17.5 Å². The van der Waals surface area contributed by atoms with Gasteiger partial charge in [0.1, 0.15) is 18.0 Å². The first-order valence-corrected chi connectivity index (χ1v) is 8.70. The number of anilines is 3. The summed E-state index contributed by atoms with van der Waals surface area (Å²) in [6.45, 7) is 1.19. The zero-order valence-electron chi connectivity index (χ0n) is 14.5. The molecule has 0 aliphatic heterocycles. The van der Waals surface area contributed by atoms with Crippen LogP contribution in [0.2, 0.25) is 0 Å². The van der Waals surface area contributed by atoms with E-state index in [4.69, 9.17) is 0 Å². The third-order valence-corrected chi connectivity index (χ3v) is 4.04. The highest BCUT2D eigenvalue weighted by molar-refractivity contribution is 5.80. The van der Waals surface area contributed by atoms with Gasteiger partial charge in [0.25, 0.3) is 0 Å². The molecule has 0 saturated heterocycles. The zero-order chi connectivity index (χ0) is 19.3. The van der Waals surface area contributed by atoms with Crippen molar-refractivity contribution in [1.82, 2.24) is 15.3 Å². The largest absolute Gasteiger partial charge is 0.416 e. The van der Waals surface area contributed by atoms with E-state index in [1.807, 2.05) is 0 Å². The molecule has 1 fully saturated rings. The van der Waals surface area contributed by atoms with Gasteiger partial charge in [0.05, 0.1) is 5.56 Å². The third kappa shape index (κ3) is 5.83. The summed E-state index contributed by atoms with van der Waals surface area (Å²) < 4.78 is 38.3. The van der Waals surface area contributed by atoms with Crippen LogP contribution in [0.25, 0.3) is 0 Å². The monoisotopic (exact) mass is 379 g/mol. The number of hydrogen-bond donors (Lipinski definition) is 3. The topological polar surface area (TPSA) is 78.9 Å². The molecule has 1 aliphatic carbocycles. The van der Waals surface area contributed by atoms with Crippen LogP contribution in [0.4, 0.5) is 30.5 Å². The fourth-order valence-electron chi connectivity index (χ4n) is 2.45. The van der Waals surface area contributed by atoms with Crippen molar-refractivity contribution < 1.29 is 18.0 Å². The van der Waals surface area contributed by atoms with Crippen LogP contribution >= 0.6 is 0 Å². The molecule has 0 atom stereocenters. The fourth-order valence-corrected chi connectivity index (χ4v) is 2.45. The first-order chi connectivity index (χ1) is 12.9. The smallest absolute Gasteiger partial charge is 0.370 e. The van der Waals surface area contributed by atoms with Crippen LogP contribution in [0, 0.1) is 5.92 Å². The van der Waals surface area contributed by atoms with Crippen molar-refractivity contribution in [3.05, 3.63) is 42.2 Å². The number of carbonyl (C=O) groups excluding carboxylic acids is 1. The lowest BCUT2D eigenvalue weighted by Gasteiger charge is -2.11. The number of nitrogens with one attached hydrogen (secondary N) is 3. The minimum Gasteiger partial charge on any atom is -0.370 e. The Balaban J connectivity index is 1.49. The number of nitrogens with zero attached hydrogens (tertiary/aromatic N) is 2. The maximum atomic E-state index is 12.8. The Kier molecular flexibility index (Phi) is 5.78. The minimum absolute atomic E-state index is 0.115. The molecule has 0 radical (unpaired) electrons. The molecule has 3 N–H and O–H groups in total. The molecule has 1 saturated carbocycles. The van der Waals surface area contributed by atoms with E-state index in [2.05, 4.69) is 25.9 Å². The molecule has 3 rings (SSSR count). The van der Waals surface area contributed by atoms with Gasteiger partial charge in [-0.1, -0.05) is 6.07 Å². The summed E-state index contributed by atoms with van der Waals surface area (Å²) in [4.78, 5) is 19.6. The number of alkyl halides is 3. The summed E-state index contributed by atoms with van der Waals surface area (Å²) in [6.07, 6.45) is -0.379. The van der Waals surface area contributed by atoms with E-state index in [1.165, 1.54) is 18.5 Å². The molecule has 1 amide bonds. The Bertz CT molecular complexity index is 793. The number of carbonyl (C=O) groups is 1. The van der Waals surface area contributed by atoms with Crippen molar-refractivity contribution in [2.24, 2.45) is 5.92 Å². The Labute approximate surface area is 154 Å². The number of rotatable bonds is 8. The second-order valence-corrected chi connectivity index (χ2v) is 6.34. The highest BCUT2D eigenvalue weighted by Gasteiger charge is 2.30. The number of hydrogen-bond acceptors (Lipinski definition) is 5. The molecular formula is C18H20F3N5O. The summed E-state index contributed by atoms with van der Waals surface area (Å²) in [5.41, 5.74) is -0.439. The van der Waals surface area contributed by atoms with Crippen LogP contribution in [-0.4, -0.2) is 29.0 Å². The molecule has 6 nitrogen and oxygen atoms in total. The SMILES string of the molecule is O=C(NCCCNc1cc(Nc2cccc(C(F)(F)F)c2)ncn1)C1CC1. The van der Waals surface area contributed by atoms with Crippen LogP contribution in [0.3, 0.4) is 0 Å². The highest BCUT2D eigenvalue weighted by Crippen LogP contribution is 2.31. The molecule has 1 aromatic heterocycles.